The molecule has 1 fully saturated rings. The molecule has 3 aromatic rings. The number of morpholine rings is 1. The van der Waals surface area contributed by atoms with Crippen molar-refractivity contribution in [3.05, 3.63) is 71.9 Å². The third-order valence-electron chi connectivity index (χ3n) is 4.95. The van der Waals surface area contributed by atoms with Crippen molar-refractivity contribution in [1.82, 2.24) is 4.98 Å². The fraction of sp³-hybridized carbons (Fsp3) is 0.304. The molecule has 1 unspecified atom stereocenters. The number of nitrogens with zero attached hydrogens (tertiary/aromatic N) is 3. The first-order valence-corrected chi connectivity index (χ1v) is 9.54. The quantitative estimate of drug-likeness (QED) is 0.678. The molecule has 0 saturated carbocycles. The third-order valence-corrected chi connectivity index (χ3v) is 4.95. The minimum Gasteiger partial charge on any atom is -0.374 e. The summed E-state index contributed by atoms with van der Waals surface area (Å²) in [5.74, 6) is 0. The lowest BCUT2D eigenvalue weighted by Gasteiger charge is -2.38. The van der Waals surface area contributed by atoms with Crippen LogP contribution < -0.4 is 4.90 Å². The van der Waals surface area contributed by atoms with E-state index < -0.39 is 0 Å². The predicted molar refractivity (Wildman–Crippen MR) is 109 cm³/mol. The summed E-state index contributed by atoms with van der Waals surface area (Å²) in [5, 5.41) is 10.4. The number of anilines is 1. The van der Waals surface area contributed by atoms with Gasteiger partial charge in [0.2, 0.25) is 0 Å². The lowest BCUT2D eigenvalue weighted by molar-refractivity contribution is -0.0633. The molecule has 0 spiro atoms. The summed E-state index contributed by atoms with van der Waals surface area (Å²) in [4.78, 5) is 6.74. The van der Waals surface area contributed by atoms with E-state index in [-0.39, 0.29) is 12.2 Å². The van der Waals surface area contributed by atoms with Crippen molar-refractivity contribution in [1.29, 1.82) is 5.26 Å². The fourth-order valence-electron chi connectivity index (χ4n) is 3.74. The monoisotopic (exact) mass is 373 g/mol. The predicted octanol–water partition coefficient (Wildman–Crippen LogP) is 3.92. The highest BCUT2D eigenvalue weighted by atomic mass is 16.5. The van der Waals surface area contributed by atoms with Crippen LogP contribution in [-0.2, 0) is 16.1 Å². The Hall–Kier alpha value is -2.94. The van der Waals surface area contributed by atoms with Crippen LogP contribution >= 0.6 is 0 Å². The summed E-state index contributed by atoms with van der Waals surface area (Å²) in [6, 6.07) is 20.2. The van der Waals surface area contributed by atoms with E-state index in [1.54, 1.807) is 6.20 Å². The SMILES string of the molecule is CC1CN(c2ccc(C#N)c3ncccc23)C[C@H](COCc2ccccc2)O1. The van der Waals surface area contributed by atoms with Gasteiger partial charge in [-0.25, -0.2) is 0 Å². The van der Waals surface area contributed by atoms with E-state index in [4.69, 9.17) is 9.47 Å². The van der Waals surface area contributed by atoms with Crippen LogP contribution in [0.2, 0.25) is 0 Å². The van der Waals surface area contributed by atoms with Gasteiger partial charge in [-0.15, -0.1) is 0 Å². The van der Waals surface area contributed by atoms with Gasteiger partial charge in [0.05, 0.1) is 36.5 Å². The van der Waals surface area contributed by atoms with Crippen molar-refractivity contribution >= 4 is 16.6 Å². The van der Waals surface area contributed by atoms with E-state index in [9.17, 15) is 5.26 Å². The molecule has 2 aromatic carbocycles. The third kappa shape index (κ3) is 3.99. The van der Waals surface area contributed by atoms with Crippen LogP contribution in [0, 0.1) is 11.3 Å². The van der Waals surface area contributed by atoms with Gasteiger partial charge < -0.3 is 14.4 Å². The summed E-state index contributed by atoms with van der Waals surface area (Å²) >= 11 is 0. The Labute approximate surface area is 165 Å². The molecule has 0 aliphatic carbocycles. The van der Waals surface area contributed by atoms with Crippen molar-refractivity contribution in [2.45, 2.75) is 25.7 Å². The largest absolute Gasteiger partial charge is 0.374 e. The average Bonchev–Trinajstić information content (AvgIpc) is 2.73. The molecule has 1 aliphatic rings. The van der Waals surface area contributed by atoms with Crippen LogP contribution in [0.1, 0.15) is 18.1 Å². The number of nitriles is 1. The molecule has 0 amide bonds. The number of rotatable bonds is 5. The van der Waals surface area contributed by atoms with Gasteiger partial charge in [0.15, 0.2) is 0 Å². The Morgan fingerprint density at radius 1 is 1.14 bits per heavy atom. The zero-order valence-electron chi connectivity index (χ0n) is 15.9. The van der Waals surface area contributed by atoms with Gasteiger partial charge >= 0.3 is 0 Å². The number of aromatic nitrogens is 1. The molecule has 1 aliphatic heterocycles. The number of ether oxygens (including phenoxy) is 2. The van der Waals surface area contributed by atoms with Gasteiger partial charge in [-0.05, 0) is 36.8 Å². The molecule has 28 heavy (non-hydrogen) atoms. The Morgan fingerprint density at radius 3 is 2.82 bits per heavy atom. The second-order valence-corrected chi connectivity index (χ2v) is 7.12. The van der Waals surface area contributed by atoms with E-state index in [2.05, 4.69) is 35.0 Å². The van der Waals surface area contributed by atoms with E-state index >= 15 is 0 Å². The van der Waals surface area contributed by atoms with E-state index in [0.29, 0.717) is 18.8 Å². The highest BCUT2D eigenvalue weighted by Gasteiger charge is 2.27. The van der Waals surface area contributed by atoms with Crippen molar-refractivity contribution in [2.24, 2.45) is 0 Å². The van der Waals surface area contributed by atoms with Gasteiger partial charge in [0.1, 0.15) is 6.07 Å². The van der Waals surface area contributed by atoms with Crippen LogP contribution in [0.4, 0.5) is 5.69 Å². The normalized spacial score (nSPS) is 19.5. The van der Waals surface area contributed by atoms with Gasteiger partial charge in [-0.2, -0.15) is 5.26 Å². The lowest BCUT2D eigenvalue weighted by atomic mass is 10.1. The molecule has 0 bridgehead atoms. The van der Waals surface area contributed by atoms with E-state index in [1.165, 1.54) is 0 Å². The highest BCUT2D eigenvalue weighted by molar-refractivity contribution is 5.95. The van der Waals surface area contributed by atoms with Gasteiger partial charge in [0, 0.05) is 30.4 Å². The number of pyridine rings is 1. The lowest BCUT2D eigenvalue weighted by Crippen LogP contribution is -2.48. The first kappa shape index (κ1) is 18.4. The first-order valence-electron chi connectivity index (χ1n) is 9.54. The van der Waals surface area contributed by atoms with Crippen LogP contribution in [0.5, 0.6) is 0 Å². The minimum absolute atomic E-state index is 0.00479. The maximum absolute atomic E-state index is 9.37. The van der Waals surface area contributed by atoms with Crippen molar-refractivity contribution < 1.29 is 9.47 Å². The zero-order valence-corrected chi connectivity index (χ0v) is 15.9. The smallest absolute Gasteiger partial charge is 0.101 e. The molecule has 1 saturated heterocycles. The Balaban J connectivity index is 1.49. The Kier molecular flexibility index (Phi) is 5.52. The molecule has 2 heterocycles. The second-order valence-electron chi connectivity index (χ2n) is 7.12. The molecule has 5 heteroatoms. The summed E-state index contributed by atoms with van der Waals surface area (Å²) in [5.41, 5.74) is 3.60. The Bertz CT molecular complexity index is 984. The molecule has 1 aromatic heterocycles. The molecule has 5 nitrogen and oxygen atoms in total. The maximum atomic E-state index is 9.37. The molecular formula is C23H23N3O2. The van der Waals surface area contributed by atoms with Crippen LogP contribution in [-0.4, -0.2) is 36.9 Å². The van der Waals surface area contributed by atoms with Gasteiger partial charge in [0.25, 0.3) is 0 Å². The van der Waals surface area contributed by atoms with Crippen LogP contribution in [0.3, 0.4) is 0 Å². The van der Waals surface area contributed by atoms with Crippen LogP contribution in [0.15, 0.2) is 60.8 Å². The molecule has 0 radical (unpaired) electrons. The molecule has 4 rings (SSSR count). The van der Waals surface area contributed by atoms with Crippen LogP contribution in [0.25, 0.3) is 10.9 Å². The summed E-state index contributed by atoms with van der Waals surface area (Å²) in [7, 11) is 0. The molecular weight excluding hydrogens is 350 g/mol. The Morgan fingerprint density at radius 2 is 2.00 bits per heavy atom. The summed E-state index contributed by atoms with van der Waals surface area (Å²) in [6.45, 7) is 4.75. The zero-order chi connectivity index (χ0) is 19.3. The number of hydrogen-bond donors (Lipinski definition) is 0. The molecule has 0 N–H and O–H groups in total. The number of benzene rings is 2. The van der Waals surface area contributed by atoms with E-state index in [1.807, 2.05) is 42.5 Å². The highest BCUT2D eigenvalue weighted by Crippen LogP contribution is 2.30. The van der Waals surface area contributed by atoms with Crippen molar-refractivity contribution in [2.75, 3.05) is 24.6 Å². The molecule has 2 atom stereocenters. The standard InChI is InChI=1S/C23H23N3O2/c1-17-13-26(14-20(28-17)16-27-15-18-6-3-2-4-7-18)22-10-9-19(12-24)23-21(22)8-5-11-25-23/h2-11,17,20H,13-16H2,1H3/t17?,20-/m1/s1. The summed E-state index contributed by atoms with van der Waals surface area (Å²) in [6.07, 6.45) is 1.83. The second kappa shape index (κ2) is 8.39. The van der Waals surface area contributed by atoms with Crippen molar-refractivity contribution in [3.8, 4) is 6.07 Å². The fourth-order valence-corrected chi connectivity index (χ4v) is 3.74. The van der Waals surface area contributed by atoms with Gasteiger partial charge in [-0.3, -0.25) is 4.98 Å². The van der Waals surface area contributed by atoms with Crippen molar-refractivity contribution in [3.63, 3.8) is 0 Å². The molecule has 142 valence electrons. The van der Waals surface area contributed by atoms with E-state index in [0.717, 1.165) is 35.2 Å². The van der Waals surface area contributed by atoms with Gasteiger partial charge in [-0.1, -0.05) is 30.3 Å². The summed E-state index contributed by atoms with van der Waals surface area (Å²) < 4.78 is 12.0. The first-order chi connectivity index (χ1) is 13.7. The maximum Gasteiger partial charge on any atom is 0.101 e. The average molecular weight is 373 g/mol. The number of fused-ring (bicyclic) bond motifs is 1. The minimum atomic E-state index is -0.00479. The number of hydrogen-bond acceptors (Lipinski definition) is 5. The topological polar surface area (TPSA) is 58.4 Å².